The molecule has 0 aliphatic heterocycles. The van der Waals surface area contributed by atoms with Crippen molar-refractivity contribution in [3.8, 4) is 0 Å². The van der Waals surface area contributed by atoms with Gasteiger partial charge in [0.05, 0.1) is 0 Å². The van der Waals surface area contributed by atoms with Gasteiger partial charge in [-0.15, -0.1) is 11.8 Å². The molecule has 0 heterocycles. The van der Waals surface area contributed by atoms with Gasteiger partial charge in [0.15, 0.2) is 0 Å². The molecular formula is C30H36N2O2S. The highest BCUT2D eigenvalue weighted by Gasteiger charge is 2.30. The fourth-order valence-corrected chi connectivity index (χ4v) is 4.65. The van der Waals surface area contributed by atoms with Gasteiger partial charge in [0.2, 0.25) is 11.8 Å². The van der Waals surface area contributed by atoms with Crippen LogP contribution < -0.4 is 5.32 Å². The Balaban J connectivity index is 1.82. The van der Waals surface area contributed by atoms with Crippen molar-refractivity contribution < 1.29 is 9.59 Å². The van der Waals surface area contributed by atoms with Gasteiger partial charge in [-0.1, -0.05) is 85.3 Å². The first-order valence-corrected chi connectivity index (χ1v) is 13.3. The molecule has 4 nitrogen and oxygen atoms in total. The third kappa shape index (κ3) is 8.59. The highest BCUT2D eigenvalue weighted by molar-refractivity contribution is 7.99. The molecular weight excluding hydrogens is 452 g/mol. The fourth-order valence-electron chi connectivity index (χ4n) is 3.81. The maximum atomic E-state index is 13.6. The lowest BCUT2D eigenvalue weighted by Gasteiger charge is -2.32. The van der Waals surface area contributed by atoms with Crippen molar-refractivity contribution in [1.29, 1.82) is 0 Å². The monoisotopic (exact) mass is 488 g/mol. The molecule has 2 amide bonds. The Hall–Kier alpha value is -3.05. The van der Waals surface area contributed by atoms with Crippen LogP contribution >= 0.6 is 11.8 Å². The van der Waals surface area contributed by atoms with Crippen LogP contribution in [0.15, 0.2) is 89.8 Å². The number of nitrogens with zero attached hydrogens (tertiary/aromatic N) is 1. The van der Waals surface area contributed by atoms with E-state index in [-0.39, 0.29) is 17.9 Å². The van der Waals surface area contributed by atoms with Gasteiger partial charge in [-0.05, 0) is 43.5 Å². The summed E-state index contributed by atoms with van der Waals surface area (Å²) in [6, 6.07) is 27.7. The molecule has 2 atom stereocenters. The molecule has 0 bridgehead atoms. The number of carbonyl (C=O) groups excluding carboxylic acids is 2. The highest BCUT2D eigenvalue weighted by Crippen LogP contribution is 2.21. The lowest BCUT2D eigenvalue weighted by molar-refractivity contribution is -0.141. The lowest BCUT2D eigenvalue weighted by atomic mass is 10.0. The van der Waals surface area contributed by atoms with Crippen molar-refractivity contribution in [1.82, 2.24) is 10.2 Å². The molecule has 0 unspecified atom stereocenters. The van der Waals surface area contributed by atoms with E-state index < -0.39 is 6.04 Å². The van der Waals surface area contributed by atoms with Crippen LogP contribution in [0.25, 0.3) is 0 Å². The van der Waals surface area contributed by atoms with Crippen LogP contribution in [0, 0.1) is 6.92 Å². The summed E-state index contributed by atoms with van der Waals surface area (Å²) in [7, 11) is 0. The van der Waals surface area contributed by atoms with E-state index >= 15 is 0 Å². The third-order valence-corrected chi connectivity index (χ3v) is 7.09. The second-order valence-electron chi connectivity index (χ2n) is 8.94. The van der Waals surface area contributed by atoms with Crippen molar-refractivity contribution in [3.05, 3.63) is 102 Å². The van der Waals surface area contributed by atoms with E-state index in [1.54, 1.807) is 16.7 Å². The Morgan fingerprint density at radius 2 is 1.49 bits per heavy atom. The predicted molar refractivity (Wildman–Crippen MR) is 145 cm³/mol. The quantitative estimate of drug-likeness (QED) is 0.317. The number of benzene rings is 3. The van der Waals surface area contributed by atoms with E-state index in [0.717, 1.165) is 22.4 Å². The van der Waals surface area contributed by atoms with Crippen LogP contribution in [0.2, 0.25) is 0 Å². The van der Waals surface area contributed by atoms with Crippen molar-refractivity contribution in [2.75, 3.05) is 5.75 Å². The Bertz CT molecular complexity index is 1050. The Morgan fingerprint density at radius 3 is 2.09 bits per heavy atom. The maximum absolute atomic E-state index is 13.6. The Morgan fingerprint density at radius 1 is 0.886 bits per heavy atom. The van der Waals surface area contributed by atoms with Crippen molar-refractivity contribution in [2.24, 2.45) is 0 Å². The number of aryl methyl sites for hydroxylation is 1. The first kappa shape index (κ1) is 26.6. The van der Waals surface area contributed by atoms with Crippen molar-refractivity contribution >= 4 is 23.6 Å². The Kier molecular flexibility index (Phi) is 10.4. The minimum absolute atomic E-state index is 0.00584. The molecule has 0 fully saturated rings. The van der Waals surface area contributed by atoms with E-state index in [2.05, 4.69) is 36.5 Å². The van der Waals surface area contributed by atoms with Crippen LogP contribution in [0.4, 0.5) is 0 Å². The van der Waals surface area contributed by atoms with Gasteiger partial charge < -0.3 is 10.2 Å². The topological polar surface area (TPSA) is 49.4 Å². The molecule has 184 valence electrons. The van der Waals surface area contributed by atoms with Crippen LogP contribution in [0.1, 0.15) is 43.4 Å². The van der Waals surface area contributed by atoms with Crippen LogP contribution in [0.3, 0.4) is 0 Å². The summed E-state index contributed by atoms with van der Waals surface area (Å²) >= 11 is 1.67. The summed E-state index contributed by atoms with van der Waals surface area (Å²) < 4.78 is 0. The highest BCUT2D eigenvalue weighted by atomic mass is 32.2. The zero-order valence-corrected chi connectivity index (χ0v) is 21.8. The molecule has 3 aromatic rings. The molecule has 0 aromatic heterocycles. The van der Waals surface area contributed by atoms with E-state index in [1.165, 1.54) is 5.56 Å². The molecule has 0 radical (unpaired) electrons. The molecule has 0 spiro atoms. The largest absolute Gasteiger partial charge is 0.352 e. The molecule has 0 aliphatic carbocycles. The molecule has 1 N–H and O–H groups in total. The van der Waals surface area contributed by atoms with Crippen molar-refractivity contribution in [2.45, 2.75) is 63.6 Å². The van der Waals surface area contributed by atoms with Gasteiger partial charge in [-0.2, -0.15) is 0 Å². The average molecular weight is 489 g/mol. The summed E-state index contributed by atoms with van der Waals surface area (Å²) in [5.74, 6) is 0.561. The predicted octanol–water partition coefficient (Wildman–Crippen LogP) is 6.03. The van der Waals surface area contributed by atoms with Gasteiger partial charge in [0.1, 0.15) is 6.04 Å². The average Bonchev–Trinajstić information content (AvgIpc) is 2.88. The molecule has 0 saturated heterocycles. The smallest absolute Gasteiger partial charge is 0.243 e. The maximum Gasteiger partial charge on any atom is 0.243 e. The number of rotatable bonds is 12. The molecule has 3 aromatic carbocycles. The number of amides is 2. The number of thioether (sulfide) groups is 1. The van der Waals surface area contributed by atoms with E-state index in [1.807, 2.05) is 74.5 Å². The van der Waals surface area contributed by atoms with Gasteiger partial charge in [-0.25, -0.2) is 0 Å². The molecule has 0 saturated carbocycles. The first-order valence-electron chi connectivity index (χ1n) is 12.3. The number of hydrogen-bond donors (Lipinski definition) is 1. The molecule has 0 aliphatic rings. The minimum Gasteiger partial charge on any atom is -0.352 e. The molecule has 3 rings (SSSR count). The third-order valence-electron chi connectivity index (χ3n) is 6.07. The summed E-state index contributed by atoms with van der Waals surface area (Å²) in [5.41, 5.74) is 3.27. The normalized spacial score (nSPS) is 12.5. The SMILES string of the molecule is CC[C@@H](C)NC(=O)[C@@H](Cc1ccccc1)N(Cc1ccccc1)C(=O)CCSc1ccc(C)cc1. The van der Waals surface area contributed by atoms with Gasteiger partial charge >= 0.3 is 0 Å². The van der Waals surface area contributed by atoms with E-state index in [9.17, 15) is 9.59 Å². The molecule has 35 heavy (non-hydrogen) atoms. The lowest BCUT2D eigenvalue weighted by Crippen LogP contribution is -2.52. The number of nitrogens with one attached hydrogen (secondary N) is 1. The summed E-state index contributed by atoms with van der Waals surface area (Å²) in [5, 5.41) is 3.12. The summed E-state index contributed by atoms with van der Waals surface area (Å²) in [6.45, 7) is 6.52. The van der Waals surface area contributed by atoms with Gasteiger partial charge in [0.25, 0.3) is 0 Å². The second kappa shape index (κ2) is 13.7. The standard InChI is InChI=1S/C30H36N2O2S/c1-4-24(3)31-30(34)28(21-25-11-7-5-8-12-25)32(22-26-13-9-6-10-14-26)29(33)19-20-35-27-17-15-23(2)16-18-27/h5-18,24,28H,4,19-22H2,1-3H3,(H,31,34)/t24-,28-/m1/s1. The number of hydrogen-bond acceptors (Lipinski definition) is 3. The fraction of sp³-hybridized carbons (Fsp3) is 0.333. The van der Waals surface area contributed by atoms with E-state index in [0.29, 0.717) is 25.1 Å². The van der Waals surface area contributed by atoms with Crippen LogP contribution in [-0.4, -0.2) is 34.6 Å². The number of carbonyl (C=O) groups is 2. The summed E-state index contributed by atoms with van der Waals surface area (Å²) in [6.07, 6.45) is 1.68. The summed E-state index contributed by atoms with van der Waals surface area (Å²) in [4.78, 5) is 30.0. The second-order valence-corrected chi connectivity index (χ2v) is 10.1. The van der Waals surface area contributed by atoms with Gasteiger partial charge in [0, 0.05) is 36.1 Å². The van der Waals surface area contributed by atoms with Crippen molar-refractivity contribution in [3.63, 3.8) is 0 Å². The van der Waals surface area contributed by atoms with Crippen LogP contribution in [-0.2, 0) is 22.6 Å². The van der Waals surface area contributed by atoms with Gasteiger partial charge in [-0.3, -0.25) is 9.59 Å². The Labute approximate surface area is 214 Å². The molecule has 5 heteroatoms. The van der Waals surface area contributed by atoms with E-state index in [4.69, 9.17) is 0 Å². The van der Waals surface area contributed by atoms with Crippen LogP contribution in [0.5, 0.6) is 0 Å². The minimum atomic E-state index is -0.580. The zero-order valence-electron chi connectivity index (χ0n) is 20.9. The first-order chi connectivity index (χ1) is 17.0. The zero-order chi connectivity index (χ0) is 25.0.